The quantitative estimate of drug-likeness (QED) is 0.186. The van der Waals surface area contributed by atoms with Crippen LogP contribution in [0.1, 0.15) is 46.1 Å². The van der Waals surface area contributed by atoms with Crippen LogP contribution >= 0.6 is 0 Å². The number of nitrogens with two attached hydrogens (primary N) is 1. The molecule has 0 saturated heterocycles. The maximum Gasteiger partial charge on any atom is 0.326 e. The Bertz CT molecular complexity index is 860. The monoisotopic (exact) mass is 494 g/mol. The summed E-state index contributed by atoms with van der Waals surface area (Å²) in [5, 5.41) is 35.9. The number of hydrogen-bond donors (Lipinski definition) is 7. The van der Waals surface area contributed by atoms with Crippen LogP contribution in [0.5, 0.6) is 5.75 Å². The molecule has 1 aromatic carbocycles. The highest BCUT2D eigenvalue weighted by Gasteiger charge is 2.31. The Morgan fingerprint density at radius 1 is 0.914 bits per heavy atom. The first-order valence-electron chi connectivity index (χ1n) is 11.7. The largest absolute Gasteiger partial charge is 0.508 e. The number of aromatic hydroxyl groups is 1. The van der Waals surface area contributed by atoms with E-state index in [0.29, 0.717) is 18.4 Å². The molecule has 0 aromatic heterocycles. The number of amides is 3. The minimum absolute atomic E-state index is 0.0244. The third kappa shape index (κ3) is 9.91. The molecule has 5 unspecified atom stereocenters. The van der Waals surface area contributed by atoms with Crippen LogP contribution in [-0.2, 0) is 25.6 Å². The normalized spacial score (nSPS) is 15.4. The van der Waals surface area contributed by atoms with Crippen molar-refractivity contribution in [1.82, 2.24) is 16.0 Å². The van der Waals surface area contributed by atoms with Crippen LogP contribution in [-0.4, -0.2) is 69.8 Å². The number of phenolic OH excluding ortho intramolecular Hbond substituents is 1. The minimum atomic E-state index is -1.43. The van der Waals surface area contributed by atoms with Gasteiger partial charge in [-0.3, -0.25) is 14.4 Å². The number of carboxylic acids is 1. The maximum absolute atomic E-state index is 13.1. The topological polar surface area (TPSA) is 191 Å². The van der Waals surface area contributed by atoms with E-state index >= 15 is 0 Å². The van der Waals surface area contributed by atoms with Crippen molar-refractivity contribution in [1.29, 1.82) is 0 Å². The number of phenols is 1. The molecule has 8 N–H and O–H groups in total. The molecule has 0 saturated carbocycles. The second-order valence-corrected chi connectivity index (χ2v) is 9.12. The van der Waals surface area contributed by atoms with Gasteiger partial charge in [-0.1, -0.05) is 46.2 Å². The van der Waals surface area contributed by atoms with Crippen LogP contribution in [0, 0.1) is 11.8 Å². The van der Waals surface area contributed by atoms with E-state index in [2.05, 4.69) is 16.0 Å². The van der Waals surface area contributed by atoms with E-state index in [1.165, 1.54) is 12.1 Å². The van der Waals surface area contributed by atoms with E-state index in [4.69, 9.17) is 5.73 Å². The number of carbonyl (C=O) groups excluding carboxylic acids is 3. The molecule has 196 valence electrons. The number of hydrogen-bond acceptors (Lipinski definition) is 7. The van der Waals surface area contributed by atoms with Crippen LogP contribution in [0.4, 0.5) is 0 Å². The summed E-state index contributed by atoms with van der Waals surface area (Å²) in [7, 11) is 0. The zero-order valence-corrected chi connectivity index (χ0v) is 20.7. The summed E-state index contributed by atoms with van der Waals surface area (Å²) in [5.41, 5.74) is 6.56. The number of carboxylic acid groups (broad SMARTS) is 1. The fraction of sp³-hybridized carbons (Fsp3) is 0.583. The van der Waals surface area contributed by atoms with E-state index in [1.54, 1.807) is 26.0 Å². The lowest BCUT2D eigenvalue weighted by Crippen LogP contribution is -2.59. The van der Waals surface area contributed by atoms with Gasteiger partial charge in [-0.2, -0.15) is 0 Å². The summed E-state index contributed by atoms with van der Waals surface area (Å²) in [5.74, 6) is -3.60. The van der Waals surface area contributed by atoms with Gasteiger partial charge in [0.05, 0.1) is 12.6 Å². The van der Waals surface area contributed by atoms with Crippen LogP contribution in [0.2, 0.25) is 0 Å². The standard InChI is InChI=1S/C24H38N4O7/c1-5-14(4)20(24(34)35)28-23(33)19(12-29)27-22(32)18(11-15-6-8-16(30)9-7-15)26-21(31)17(25)10-13(2)3/h6-9,13-14,17-20,29-30H,5,10-12,25H2,1-4H3,(H,26,31)(H,27,32)(H,28,33)(H,34,35). The van der Waals surface area contributed by atoms with Crippen molar-refractivity contribution in [2.45, 2.75) is 71.1 Å². The van der Waals surface area contributed by atoms with Gasteiger partial charge in [0, 0.05) is 6.42 Å². The average molecular weight is 495 g/mol. The number of aliphatic carboxylic acids is 1. The molecular weight excluding hydrogens is 456 g/mol. The number of carbonyl (C=O) groups is 4. The van der Waals surface area contributed by atoms with Crippen molar-refractivity contribution in [3.63, 3.8) is 0 Å². The van der Waals surface area contributed by atoms with Crippen molar-refractivity contribution in [3.05, 3.63) is 29.8 Å². The minimum Gasteiger partial charge on any atom is -0.508 e. The van der Waals surface area contributed by atoms with E-state index < -0.39 is 54.5 Å². The number of aliphatic hydroxyl groups is 1. The zero-order valence-electron chi connectivity index (χ0n) is 20.7. The molecule has 0 aliphatic carbocycles. The van der Waals surface area contributed by atoms with Crippen molar-refractivity contribution < 1.29 is 34.5 Å². The predicted octanol–water partition coefficient (Wildman–Crippen LogP) is -0.114. The second-order valence-electron chi connectivity index (χ2n) is 9.12. The highest BCUT2D eigenvalue weighted by molar-refractivity contribution is 5.94. The smallest absolute Gasteiger partial charge is 0.326 e. The Morgan fingerprint density at radius 2 is 1.46 bits per heavy atom. The van der Waals surface area contributed by atoms with Gasteiger partial charge in [0.1, 0.15) is 23.9 Å². The van der Waals surface area contributed by atoms with Gasteiger partial charge in [0.25, 0.3) is 0 Å². The Balaban J connectivity index is 3.04. The molecular formula is C24H38N4O7. The summed E-state index contributed by atoms with van der Waals surface area (Å²) in [6.45, 7) is 6.47. The molecule has 0 heterocycles. The highest BCUT2D eigenvalue weighted by Crippen LogP contribution is 2.13. The zero-order chi connectivity index (χ0) is 26.7. The molecule has 11 heteroatoms. The fourth-order valence-corrected chi connectivity index (χ4v) is 3.37. The number of nitrogens with one attached hydrogen (secondary N) is 3. The van der Waals surface area contributed by atoms with E-state index in [1.807, 2.05) is 13.8 Å². The number of rotatable bonds is 14. The molecule has 0 spiro atoms. The number of aliphatic hydroxyl groups excluding tert-OH is 1. The Morgan fingerprint density at radius 3 is 1.94 bits per heavy atom. The van der Waals surface area contributed by atoms with Gasteiger partial charge in [0.2, 0.25) is 17.7 Å². The molecule has 1 aromatic rings. The Hall–Kier alpha value is -3.18. The lowest BCUT2D eigenvalue weighted by molar-refractivity contribution is -0.144. The molecule has 0 bridgehead atoms. The van der Waals surface area contributed by atoms with Crippen LogP contribution < -0.4 is 21.7 Å². The first-order chi connectivity index (χ1) is 16.4. The van der Waals surface area contributed by atoms with E-state index in [9.17, 15) is 34.5 Å². The van der Waals surface area contributed by atoms with Crippen molar-refractivity contribution >= 4 is 23.7 Å². The first kappa shape index (κ1) is 29.9. The van der Waals surface area contributed by atoms with Crippen LogP contribution in [0.3, 0.4) is 0 Å². The molecule has 3 amide bonds. The molecule has 0 aliphatic heterocycles. The SMILES string of the molecule is CCC(C)C(NC(=O)C(CO)NC(=O)C(Cc1ccc(O)cc1)NC(=O)C(N)CC(C)C)C(=O)O. The molecule has 5 atom stereocenters. The third-order valence-electron chi connectivity index (χ3n) is 5.66. The van der Waals surface area contributed by atoms with Crippen molar-refractivity contribution in [2.75, 3.05) is 6.61 Å². The molecule has 1 rings (SSSR count). The molecule has 0 aliphatic rings. The predicted molar refractivity (Wildman–Crippen MR) is 129 cm³/mol. The summed E-state index contributed by atoms with van der Waals surface area (Å²) >= 11 is 0. The van der Waals surface area contributed by atoms with Crippen LogP contribution in [0.25, 0.3) is 0 Å². The van der Waals surface area contributed by atoms with Crippen molar-refractivity contribution in [2.24, 2.45) is 17.6 Å². The molecule has 35 heavy (non-hydrogen) atoms. The summed E-state index contributed by atoms with van der Waals surface area (Å²) < 4.78 is 0. The lowest BCUT2D eigenvalue weighted by atomic mass is 9.99. The van der Waals surface area contributed by atoms with Crippen molar-refractivity contribution in [3.8, 4) is 5.75 Å². The Kier molecular flexibility index (Phi) is 12.2. The Labute approximate surface area is 205 Å². The maximum atomic E-state index is 13.1. The summed E-state index contributed by atoms with van der Waals surface area (Å²) in [6.07, 6.45) is 0.911. The van der Waals surface area contributed by atoms with Gasteiger partial charge in [0.15, 0.2) is 0 Å². The third-order valence-corrected chi connectivity index (χ3v) is 5.66. The first-order valence-corrected chi connectivity index (χ1v) is 11.7. The van der Waals surface area contributed by atoms with Gasteiger partial charge >= 0.3 is 5.97 Å². The van der Waals surface area contributed by atoms with E-state index in [-0.39, 0.29) is 24.0 Å². The second kappa shape index (κ2) is 14.3. The summed E-state index contributed by atoms with van der Waals surface area (Å²) in [6, 6.07) is 1.40. The highest BCUT2D eigenvalue weighted by atomic mass is 16.4. The molecule has 0 radical (unpaired) electrons. The van der Waals surface area contributed by atoms with E-state index in [0.717, 1.165) is 0 Å². The number of benzene rings is 1. The van der Waals surface area contributed by atoms with Gasteiger partial charge < -0.3 is 37.0 Å². The van der Waals surface area contributed by atoms with Gasteiger partial charge in [-0.15, -0.1) is 0 Å². The molecule has 0 fully saturated rings. The lowest BCUT2D eigenvalue weighted by Gasteiger charge is -2.26. The fourth-order valence-electron chi connectivity index (χ4n) is 3.37. The average Bonchev–Trinajstić information content (AvgIpc) is 2.80. The summed E-state index contributed by atoms with van der Waals surface area (Å²) in [4.78, 5) is 49.8. The molecule has 11 nitrogen and oxygen atoms in total. The van der Waals surface area contributed by atoms with Crippen LogP contribution in [0.15, 0.2) is 24.3 Å². The van der Waals surface area contributed by atoms with Gasteiger partial charge in [-0.05, 0) is 36.0 Å². The van der Waals surface area contributed by atoms with Gasteiger partial charge in [-0.25, -0.2) is 4.79 Å².